The van der Waals surface area contributed by atoms with Gasteiger partial charge in [-0.1, -0.05) is 6.92 Å². The average Bonchev–Trinajstić information content (AvgIpc) is 2.37. The van der Waals surface area contributed by atoms with Gasteiger partial charge in [0.25, 0.3) is 0 Å². The van der Waals surface area contributed by atoms with E-state index in [9.17, 15) is 9.59 Å². The Labute approximate surface area is 124 Å². The molecule has 0 aliphatic heterocycles. The van der Waals surface area contributed by atoms with Gasteiger partial charge in [0.05, 0.1) is 25.2 Å². The molecule has 1 N–H and O–H groups in total. The summed E-state index contributed by atoms with van der Waals surface area (Å²) in [5, 5.41) is 9.04. The molecule has 1 rings (SSSR count). The van der Waals surface area contributed by atoms with Gasteiger partial charge in [0.1, 0.15) is 0 Å². The number of rotatable bonds is 7. The number of nitrogens with zero attached hydrogens (tertiary/aromatic N) is 2. The van der Waals surface area contributed by atoms with E-state index in [0.717, 1.165) is 11.3 Å². The number of aromatic nitrogens is 2. The zero-order valence-corrected chi connectivity index (χ0v) is 13.3. The Morgan fingerprint density at radius 1 is 1.33 bits per heavy atom. The molecule has 21 heavy (non-hydrogen) atoms. The zero-order valence-electron chi connectivity index (χ0n) is 13.3. The lowest BCUT2D eigenvalue weighted by Gasteiger charge is -2.17. The molecule has 0 bridgehead atoms. The van der Waals surface area contributed by atoms with Crippen LogP contribution in [0, 0.1) is 19.8 Å². The van der Waals surface area contributed by atoms with Crippen LogP contribution in [-0.4, -0.2) is 33.3 Å². The van der Waals surface area contributed by atoms with Gasteiger partial charge in [-0.25, -0.2) is 4.79 Å². The van der Waals surface area contributed by atoms with Gasteiger partial charge in [-0.15, -0.1) is 0 Å². The van der Waals surface area contributed by atoms with Crippen molar-refractivity contribution in [3.63, 3.8) is 0 Å². The standard InChI is InChI=1S/C15H24N2O4/c1-9(2)21-7-6-17-12(5)13(8-10(3)14(18)19)11(4)16-15(17)20/h9-10H,6-8H2,1-5H3,(H,18,19). The van der Waals surface area contributed by atoms with Crippen LogP contribution in [0.4, 0.5) is 0 Å². The first-order valence-electron chi connectivity index (χ1n) is 7.15. The van der Waals surface area contributed by atoms with E-state index in [0.29, 0.717) is 25.3 Å². The molecular formula is C15H24N2O4. The van der Waals surface area contributed by atoms with Crippen LogP contribution in [0.15, 0.2) is 4.79 Å². The van der Waals surface area contributed by atoms with E-state index in [1.807, 2.05) is 20.8 Å². The molecule has 1 atom stereocenters. The molecule has 0 radical (unpaired) electrons. The van der Waals surface area contributed by atoms with Gasteiger partial charge in [0.15, 0.2) is 0 Å². The topological polar surface area (TPSA) is 81.4 Å². The molecule has 6 nitrogen and oxygen atoms in total. The summed E-state index contributed by atoms with van der Waals surface area (Å²) >= 11 is 0. The van der Waals surface area contributed by atoms with E-state index in [1.165, 1.54) is 0 Å². The minimum absolute atomic E-state index is 0.103. The number of carbonyl (C=O) groups is 1. The third kappa shape index (κ3) is 4.67. The van der Waals surface area contributed by atoms with Gasteiger partial charge < -0.3 is 9.84 Å². The predicted molar refractivity (Wildman–Crippen MR) is 79.6 cm³/mol. The Bertz CT molecular complexity index is 564. The summed E-state index contributed by atoms with van der Waals surface area (Å²) in [5.41, 5.74) is 1.89. The first kappa shape index (κ1) is 17.4. The Hall–Kier alpha value is -1.69. The highest BCUT2D eigenvalue weighted by atomic mass is 16.5. The van der Waals surface area contributed by atoms with Gasteiger partial charge in [-0.3, -0.25) is 9.36 Å². The summed E-state index contributed by atoms with van der Waals surface area (Å²) in [6.07, 6.45) is 0.469. The van der Waals surface area contributed by atoms with Crippen LogP contribution in [0.2, 0.25) is 0 Å². The van der Waals surface area contributed by atoms with Crippen molar-refractivity contribution in [3.8, 4) is 0 Å². The van der Waals surface area contributed by atoms with Gasteiger partial charge in [0.2, 0.25) is 0 Å². The van der Waals surface area contributed by atoms with Crippen molar-refractivity contribution in [2.45, 2.75) is 53.7 Å². The van der Waals surface area contributed by atoms with Crippen molar-refractivity contribution >= 4 is 5.97 Å². The smallest absolute Gasteiger partial charge is 0.348 e. The van der Waals surface area contributed by atoms with Gasteiger partial charge in [0, 0.05) is 11.4 Å². The minimum atomic E-state index is -0.852. The van der Waals surface area contributed by atoms with E-state index in [4.69, 9.17) is 9.84 Å². The number of carboxylic acid groups (broad SMARTS) is 1. The van der Waals surface area contributed by atoms with Crippen molar-refractivity contribution in [2.24, 2.45) is 5.92 Å². The lowest BCUT2D eigenvalue weighted by Crippen LogP contribution is -2.30. The van der Waals surface area contributed by atoms with Crippen LogP contribution in [0.3, 0.4) is 0 Å². The number of ether oxygens (including phenoxy) is 1. The first-order chi connectivity index (χ1) is 9.73. The van der Waals surface area contributed by atoms with Crippen molar-refractivity contribution in [2.75, 3.05) is 6.61 Å². The van der Waals surface area contributed by atoms with Crippen LogP contribution in [-0.2, 0) is 22.5 Å². The highest BCUT2D eigenvalue weighted by Gasteiger charge is 2.18. The summed E-state index contributed by atoms with van der Waals surface area (Å²) in [4.78, 5) is 27.0. The molecule has 1 aromatic rings. The Morgan fingerprint density at radius 2 is 1.95 bits per heavy atom. The normalized spacial score (nSPS) is 12.7. The molecule has 118 valence electrons. The third-order valence-corrected chi connectivity index (χ3v) is 3.47. The van der Waals surface area contributed by atoms with Crippen molar-refractivity contribution < 1.29 is 14.6 Å². The fourth-order valence-corrected chi connectivity index (χ4v) is 2.17. The lowest BCUT2D eigenvalue weighted by molar-refractivity contribution is -0.141. The average molecular weight is 296 g/mol. The largest absolute Gasteiger partial charge is 0.481 e. The van der Waals surface area contributed by atoms with E-state index in [-0.39, 0.29) is 11.8 Å². The monoisotopic (exact) mass is 296 g/mol. The van der Waals surface area contributed by atoms with Gasteiger partial charge >= 0.3 is 11.7 Å². The summed E-state index contributed by atoms with van der Waals surface area (Å²) < 4.78 is 7.02. The molecule has 1 heterocycles. The molecule has 0 amide bonds. The Kier molecular flexibility index (Phi) is 6.08. The predicted octanol–water partition coefficient (Wildman–Crippen LogP) is 1.55. The molecular weight excluding hydrogens is 272 g/mol. The molecule has 0 spiro atoms. The van der Waals surface area contributed by atoms with Crippen molar-refractivity contribution in [3.05, 3.63) is 27.4 Å². The molecule has 0 fully saturated rings. The van der Waals surface area contributed by atoms with E-state index in [2.05, 4.69) is 4.98 Å². The van der Waals surface area contributed by atoms with Crippen LogP contribution in [0.1, 0.15) is 37.7 Å². The van der Waals surface area contributed by atoms with Crippen LogP contribution < -0.4 is 5.69 Å². The fraction of sp³-hybridized carbons (Fsp3) is 0.667. The summed E-state index contributed by atoms with van der Waals surface area (Å²) in [7, 11) is 0. The highest BCUT2D eigenvalue weighted by Crippen LogP contribution is 2.15. The zero-order chi connectivity index (χ0) is 16.2. The fourth-order valence-electron chi connectivity index (χ4n) is 2.17. The third-order valence-electron chi connectivity index (χ3n) is 3.47. The molecule has 0 aliphatic carbocycles. The second-order valence-electron chi connectivity index (χ2n) is 5.56. The summed E-state index contributed by atoms with van der Waals surface area (Å²) in [6.45, 7) is 9.94. The Balaban J connectivity index is 3.04. The molecule has 0 saturated carbocycles. The lowest BCUT2D eigenvalue weighted by atomic mass is 9.99. The minimum Gasteiger partial charge on any atom is -0.481 e. The molecule has 0 saturated heterocycles. The summed E-state index contributed by atoms with van der Waals surface area (Å²) in [6, 6.07) is 0. The van der Waals surface area contributed by atoms with Crippen molar-refractivity contribution in [1.82, 2.24) is 9.55 Å². The second-order valence-corrected chi connectivity index (χ2v) is 5.56. The maximum Gasteiger partial charge on any atom is 0.348 e. The number of aliphatic carboxylic acids is 1. The Morgan fingerprint density at radius 3 is 2.48 bits per heavy atom. The van der Waals surface area contributed by atoms with Crippen molar-refractivity contribution in [1.29, 1.82) is 0 Å². The molecule has 1 aromatic heterocycles. The number of hydrogen-bond acceptors (Lipinski definition) is 4. The van der Waals surface area contributed by atoms with Crippen LogP contribution >= 0.6 is 0 Å². The highest BCUT2D eigenvalue weighted by molar-refractivity contribution is 5.70. The number of hydrogen-bond donors (Lipinski definition) is 1. The van der Waals surface area contributed by atoms with E-state index >= 15 is 0 Å². The van der Waals surface area contributed by atoms with Crippen LogP contribution in [0.25, 0.3) is 0 Å². The maximum atomic E-state index is 12.0. The second kappa shape index (κ2) is 7.36. The summed E-state index contributed by atoms with van der Waals surface area (Å²) in [5.74, 6) is -1.36. The molecule has 6 heteroatoms. The quantitative estimate of drug-likeness (QED) is 0.825. The first-order valence-corrected chi connectivity index (χ1v) is 7.15. The van der Waals surface area contributed by atoms with E-state index < -0.39 is 11.9 Å². The van der Waals surface area contributed by atoms with Crippen LogP contribution in [0.5, 0.6) is 0 Å². The van der Waals surface area contributed by atoms with E-state index in [1.54, 1.807) is 18.4 Å². The van der Waals surface area contributed by atoms with Gasteiger partial charge in [-0.05, 0) is 39.7 Å². The SMILES string of the molecule is Cc1nc(=O)n(CCOC(C)C)c(C)c1CC(C)C(=O)O. The molecule has 1 unspecified atom stereocenters. The maximum absolute atomic E-state index is 12.0. The number of carboxylic acids is 1. The molecule has 0 aromatic carbocycles. The molecule has 0 aliphatic rings. The van der Waals surface area contributed by atoms with Gasteiger partial charge in [-0.2, -0.15) is 4.98 Å². The number of aryl methyl sites for hydroxylation is 1.